The van der Waals surface area contributed by atoms with Crippen LogP contribution in [-0.4, -0.2) is 28.6 Å². The zero-order valence-corrected chi connectivity index (χ0v) is 10.9. The van der Waals surface area contributed by atoms with E-state index in [-0.39, 0.29) is 24.5 Å². The Morgan fingerprint density at radius 1 is 1.44 bits per heavy atom. The standard InChI is InChI=1S/C14H20N2O2/c1-9-6-7-12(10(2)15-9)14(18)16-13-5-3-4-11(13)8-17/h6-7,11,13,17H,3-5,8H2,1-2H3,(H,16,18). The largest absolute Gasteiger partial charge is 0.396 e. The summed E-state index contributed by atoms with van der Waals surface area (Å²) < 4.78 is 0. The van der Waals surface area contributed by atoms with E-state index in [0.717, 1.165) is 30.7 Å². The molecule has 1 aliphatic carbocycles. The smallest absolute Gasteiger partial charge is 0.253 e. The molecule has 1 aliphatic rings. The van der Waals surface area contributed by atoms with Crippen LogP contribution in [0.25, 0.3) is 0 Å². The number of carbonyl (C=O) groups excluding carboxylic acids is 1. The van der Waals surface area contributed by atoms with E-state index in [2.05, 4.69) is 10.3 Å². The van der Waals surface area contributed by atoms with Crippen molar-refractivity contribution in [2.45, 2.75) is 39.2 Å². The van der Waals surface area contributed by atoms with Gasteiger partial charge in [0.2, 0.25) is 0 Å². The number of rotatable bonds is 3. The van der Waals surface area contributed by atoms with Gasteiger partial charge in [-0.25, -0.2) is 0 Å². The highest BCUT2D eigenvalue weighted by atomic mass is 16.3. The Balaban J connectivity index is 2.07. The molecule has 2 N–H and O–H groups in total. The third kappa shape index (κ3) is 2.70. The minimum Gasteiger partial charge on any atom is -0.396 e. The van der Waals surface area contributed by atoms with Crippen LogP contribution in [0, 0.1) is 19.8 Å². The number of pyridine rings is 1. The van der Waals surface area contributed by atoms with Crippen LogP contribution in [0.2, 0.25) is 0 Å². The molecule has 1 amide bonds. The number of hydrogen-bond acceptors (Lipinski definition) is 3. The minimum atomic E-state index is -0.0784. The number of carbonyl (C=O) groups is 1. The Hall–Kier alpha value is -1.42. The van der Waals surface area contributed by atoms with Crippen LogP contribution in [0.3, 0.4) is 0 Å². The fourth-order valence-electron chi connectivity index (χ4n) is 2.62. The van der Waals surface area contributed by atoms with Crippen LogP contribution in [0.15, 0.2) is 12.1 Å². The Labute approximate surface area is 107 Å². The monoisotopic (exact) mass is 248 g/mol. The van der Waals surface area contributed by atoms with Crippen LogP contribution in [0.5, 0.6) is 0 Å². The first-order valence-corrected chi connectivity index (χ1v) is 6.48. The van der Waals surface area contributed by atoms with E-state index in [1.807, 2.05) is 26.0 Å². The number of amides is 1. The van der Waals surface area contributed by atoms with Gasteiger partial charge in [-0.3, -0.25) is 9.78 Å². The van der Waals surface area contributed by atoms with Crippen LogP contribution in [0.4, 0.5) is 0 Å². The topological polar surface area (TPSA) is 62.2 Å². The molecule has 0 radical (unpaired) electrons. The average molecular weight is 248 g/mol. The zero-order valence-electron chi connectivity index (χ0n) is 10.9. The van der Waals surface area contributed by atoms with Crippen molar-refractivity contribution >= 4 is 5.91 Å². The molecule has 0 saturated heterocycles. The van der Waals surface area contributed by atoms with Gasteiger partial charge in [0.25, 0.3) is 5.91 Å². The summed E-state index contributed by atoms with van der Waals surface area (Å²) in [5, 5.41) is 12.3. The molecule has 2 unspecified atom stereocenters. The molecule has 0 spiro atoms. The van der Waals surface area contributed by atoms with Crippen LogP contribution >= 0.6 is 0 Å². The highest BCUT2D eigenvalue weighted by molar-refractivity contribution is 5.95. The molecule has 1 aromatic rings. The molecule has 4 nitrogen and oxygen atoms in total. The van der Waals surface area contributed by atoms with Gasteiger partial charge >= 0.3 is 0 Å². The molecular weight excluding hydrogens is 228 g/mol. The van der Waals surface area contributed by atoms with Crippen LogP contribution in [0.1, 0.15) is 41.0 Å². The molecule has 1 heterocycles. The lowest BCUT2D eigenvalue weighted by molar-refractivity contribution is 0.0915. The maximum atomic E-state index is 12.2. The van der Waals surface area contributed by atoms with E-state index < -0.39 is 0 Å². The van der Waals surface area contributed by atoms with Crippen LogP contribution in [-0.2, 0) is 0 Å². The fourth-order valence-corrected chi connectivity index (χ4v) is 2.62. The van der Waals surface area contributed by atoms with Gasteiger partial charge in [0.15, 0.2) is 0 Å². The molecule has 1 aromatic heterocycles. The summed E-state index contributed by atoms with van der Waals surface area (Å²) in [6.45, 7) is 3.91. The molecule has 1 saturated carbocycles. The molecule has 2 rings (SSSR count). The third-order valence-electron chi connectivity index (χ3n) is 3.68. The average Bonchev–Trinajstić information content (AvgIpc) is 2.76. The number of aryl methyl sites for hydroxylation is 2. The first-order chi connectivity index (χ1) is 8.61. The highest BCUT2D eigenvalue weighted by Crippen LogP contribution is 2.25. The number of aliphatic hydroxyl groups excluding tert-OH is 1. The Bertz CT molecular complexity index is 445. The first kappa shape index (κ1) is 13.0. The van der Waals surface area contributed by atoms with Crippen molar-refractivity contribution in [3.05, 3.63) is 29.1 Å². The molecule has 18 heavy (non-hydrogen) atoms. The number of aliphatic hydroxyl groups is 1. The summed E-state index contributed by atoms with van der Waals surface area (Å²) in [5.41, 5.74) is 2.30. The van der Waals surface area contributed by atoms with Crippen molar-refractivity contribution < 1.29 is 9.90 Å². The van der Waals surface area contributed by atoms with Crippen molar-refractivity contribution in [2.75, 3.05) is 6.61 Å². The summed E-state index contributed by atoms with van der Waals surface area (Å²) in [6.07, 6.45) is 3.02. The molecule has 98 valence electrons. The second-order valence-corrected chi connectivity index (χ2v) is 5.04. The van der Waals surface area contributed by atoms with E-state index in [4.69, 9.17) is 0 Å². The molecule has 1 fully saturated rings. The predicted octanol–water partition coefficient (Wildman–Crippen LogP) is 1.59. The minimum absolute atomic E-state index is 0.0784. The maximum Gasteiger partial charge on any atom is 0.253 e. The van der Waals surface area contributed by atoms with Gasteiger partial charge in [-0.05, 0) is 38.8 Å². The lowest BCUT2D eigenvalue weighted by Gasteiger charge is -2.19. The van der Waals surface area contributed by atoms with Gasteiger partial charge in [0.1, 0.15) is 0 Å². The SMILES string of the molecule is Cc1ccc(C(=O)NC2CCCC2CO)c(C)n1. The van der Waals surface area contributed by atoms with E-state index in [0.29, 0.717) is 5.56 Å². The van der Waals surface area contributed by atoms with Gasteiger partial charge in [0, 0.05) is 24.3 Å². The first-order valence-electron chi connectivity index (χ1n) is 6.48. The van der Waals surface area contributed by atoms with Crippen molar-refractivity contribution in [2.24, 2.45) is 5.92 Å². The summed E-state index contributed by atoms with van der Waals surface area (Å²) in [4.78, 5) is 16.5. The number of nitrogens with one attached hydrogen (secondary N) is 1. The predicted molar refractivity (Wildman–Crippen MR) is 69.4 cm³/mol. The lowest BCUT2D eigenvalue weighted by Crippen LogP contribution is -2.38. The van der Waals surface area contributed by atoms with E-state index in [1.54, 1.807) is 0 Å². The Kier molecular flexibility index (Phi) is 3.97. The van der Waals surface area contributed by atoms with Gasteiger partial charge in [0.05, 0.1) is 11.3 Å². The van der Waals surface area contributed by atoms with E-state index in [9.17, 15) is 9.90 Å². The fraction of sp³-hybridized carbons (Fsp3) is 0.571. The van der Waals surface area contributed by atoms with Gasteiger partial charge in [-0.1, -0.05) is 6.42 Å². The highest BCUT2D eigenvalue weighted by Gasteiger charge is 2.28. The normalized spacial score (nSPS) is 23.1. The van der Waals surface area contributed by atoms with Crippen molar-refractivity contribution in [1.82, 2.24) is 10.3 Å². The Morgan fingerprint density at radius 3 is 2.89 bits per heavy atom. The number of aromatic nitrogens is 1. The lowest BCUT2D eigenvalue weighted by atomic mass is 10.0. The maximum absolute atomic E-state index is 12.2. The zero-order chi connectivity index (χ0) is 13.1. The number of hydrogen-bond donors (Lipinski definition) is 2. The quantitative estimate of drug-likeness (QED) is 0.854. The second kappa shape index (κ2) is 5.48. The van der Waals surface area contributed by atoms with Gasteiger partial charge in [-0.2, -0.15) is 0 Å². The van der Waals surface area contributed by atoms with Crippen molar-refractivity contribution in [3.63, 3.8) is 0 Å². The van der Waals surface area contributed by atoms with E-state index in [1.165, 1.54) is 0 Å². The second-order valence-electron chi connectivity index (χ2n) is 5.04. The summed E-state index contributed by atoms with van der Waals surface area (Å²) in [6, 6.07) is 3.76. The third-order valence-corrected chi connectivity index (χ3v) is 3.68. The molecule has 2 atom stereocenters. The molecule has 4 heteroatoms. The molecule has 0 aromatic carbocycles. The molecule has 0 aliphatic heterocycles. The van der Waals surface area contributed by atoms with Crippen molar-refractivity contribution in [3.8, 4) is 0 Å². The van der Waals surface area contributed by atoms with Crippen molar-refractivity contribution in [1.29, 1.82) is 0 Å². The summed E-state index contributed by atoms with van der Waals surface area (Å²) in [5.74, 6) is 0.123. The molecule has 0 bridgehead atoms. The van der Waals surface area contributed by atoms with Crippen LogP contribution < -0.4 is 5.32 Å². The molecular formula is C14H20N2O2. The Morgan fingerprint density at radius 2 is 2.22 bits per heavy atom. The summed E-state index contributed by atoms with van der Waals surface area (Å²) >= 11 is 0. The van der Waals surface area contributed by atoms with Gasteiger partial charge in [-0.15, -0.1) is 0 Å². The summed E-state index contributed by atoms with van der Waals surface area (Å²) in [7, 11) is 0. The number of nitrogens with zero attached hydrogens (tertiary/aromatic N) is 1. The van der Waals surface area contributed by atoms with Gasteiger partial charge < -0.3 is 10.4 Å². The van der Waals surface area contributed by atoms with E-state index >= 15 is 0 Å².